The van der Waals surface area contributed by atoms with Crippen molar-refractivity contribution in [2.75, 3.05) is 38.5 Å². The number of likely N-dealkylation sites (N-methyl/N-ethyl adjacent to an activating group) is 2. The Kier molecular flexibility index (Phi) is 7.69. The molecule has 0 unspecified atom stereocenters. The molecule has 25 heavy (non-hydrogen) atoms. The summed E-state index contributed by atoms with van der Waals surface area (Å²) in [5, 5.41) is 2.14. The number of anilines is 1. The summed E-state index contributed by atoms with van der Waals surface area (Å²) in [6.45, 7) is 4.57. The van der Waals surface area contributed by atoms with Crippen LogP contribution in [-0.2, 0) is 15.8 Å². The third kappa shape index (κ3) is 6.55. The first-order chi connectivity index (χ1) is 11.6. The molecule has 0 bridgehead atoms. The molecule has 5 nitrogen and oxygen atoms in total. The Labute approximate surface area is 149 Å². The Hall–Kier alpha value is -1.80. The smallest absolute Gasteiger partial charge is 0.342 e. The Morgan fingerprint density at radius 1 is 1.16 bits per heavy atom. The average molecular weight is 380 g/mol. The van der Waals surface area contributed by atoms with Crippen molar-refractivity contribution in [3.8, 4) is 0 Å². The monoisotopic (exact) mass is 379 g/mol. The van der Waals surface area contributed by atoms with E-state index in [9.17, 15) is 22.8 Å². The predicted molar refractivity (Wildman–Crippen MR) is 90.5 cm³/mol. The van der Waals surface area contributed by atoms with Gasteiger partial charge in [-0.05, 0) is 39.1 Å². The minimum absolute atomic E-state index is 0.00183. The van der Waals surface area contributed by atoms with Crippen molar-refractivity contribution in [2.45, 2.75) is 20.0 Å². The summed E-state index contributed by atoms with van der Waals surface area (Å²) in [6.07, 6.45) is -4.64. The van der Waals surface area contributed by atoms with Crippen molar-refractivity contribution in [2.24, 2.45) is 0 Å². The maximum atomic E-state index is 13.0. The van der Waals surface area contributed by atoms with Gasteiger partial charge in [-0.15, -0.1) is 0 Å². The van der Waals surface area contributed by atoms with E-state index in [0.717, 1.165) is 12.1 Å². The third-order valence-corrected chi connectivity index (χ3v) is 3.73. The minimum atomic E-state index is -4.64. The van der Waals surface area contributed by atoms with Crippen LogP contribution in [0.1, 0.15) is 19.4 Å². The van der Waals surface area contributed by atoms with Crippen molar-refractivity contribution in [3.63, 3.8) is 0 Å². The lowest BCUT2D eigenvalue weighted by atomic mass is 10.1. The summed E-state index contributed by atoms with van der Waals surface area (Å²) in [7, 11) is 1.55. The number of hydrogen-bond donors (Lipinski definition) is 1. The zero-order valence-electron chi connectivity index (χ0n) is 14.3. The molecule has 1 rings (SSSR count). The highest BCUT2D eigenvalue weighted by molar-refractivity contribution is 6.30. The SMILES string of the molecule is CCN(CC)C(=O)CN(C)CC(=O)Nc1ccc(Cl)cc1C(F)(F)F. The Morgan fingerprint density at radius 2 is 1.76 bits per heavy atom. The van der Waals surface area contributed by atoms with E-state index in [0.29, 0.717) is 13.1 Å². The molecule has 0 aliphatic rings. The zero-order chi connectivity index (χ0) is 19.2. The van der Waals surface area contributed by atoms with Crippen LogP contribution in [-0.4, -0.2) is 54.8 Å². The molecule has 1 N–H and O–H groups in total. The number of carbonyl (C=O) groups excluding carboxylic acids is 2. The largest absolute Gasteiger partial charge is 0.418 e. The van der Waals surface area contributed by atoms with Crippen LogP contribution in [0.15, 0.2) is 18.2 Å². The van der Waals surface area contributed by atoms with Gasteiger partial charge in [0.2, 0.25) is 11.8 Å². The van der Waals surface area contributed by atoms with E-state index >= 15 is 0 Å². The predicted octanol–water partition coefficient (Wildman–Crippen LogP) is 3.10. The minimum Gasteiger partial charge on any atom is -0.342 e. The lowest BCUT2D eigenvalue weighted by molar-refractivity contribution is -0.137. The van der Waals surface area contributed by atoms with E-state index in [1.807, 2.05) is 13.8 Å². The van der Waals surface area contributed by atoms with E-state index in [2.05, 4.69) is 5.32 Å². The molecular weight excluding hydrogens is 359 g/mol. The lowest BCUT2D eigenvalue weighted by Gasteiger charge is -2.23. The molecule has 9 heteroatoms. The molecule has 1 aromatic carbocycles. The molecular formula is C16H21ClF3N3O2. The number of benzene rings is 1. The molecule has 1 aromatic rings. The molecule has 0 fully saturated rings. The number of nitrogens with one attached hydrogen (secondary N) is 1. The number of rotatable bonds is 7. The molecule has 0 atom stereocenters. The number of hydrogen-bond acceptors (Lipinski definition) is 3. The molecule has 0 aliphatic heterocycles. The van der Waals surface area contributed by atoms with Crippen LogP contribution in [0.3, 0.4) is 0 Å². The number of amides is 2. The van der Waals surface area contributed by atoms with Gasteiger partial charge in [0.15, 0.2) is 0 Å². The van der Waals surface area contributed by atoms with Gasteiger partial charge >= 0.3 is 6.18 Å². The fourth-order valence-electron chi connectivity index (χ4n) is 2.26. The molecule has 0 aliphatic carbocycles. The van der Waals surface area contributed by atoms with Gasteiger partial charge in [-0.3, -0.25) is 14.5 Å². The van der Waals surface area contributed by atoms with Gasteiger partial charge in [-0.1, -0.05) is 11.6 Å². The fourth-order valence-corrected chi connectivity index (χ4v) is 2.43. The standard InChI is InChI=1S/C16H21ClF3N3O2/c1-4-23(5-2)15(25)10-22(3)9-14(24)21-13-7-6-11(17)8-12(13)16(18,19)20/h6-8H,4-5,9-10H2,1-3H3,(H,21,24). The second-order valence-corrected chi connectivity index (χ2v) is 5.91. The number of halogens is 4. The Bertz CT molecular complexity index is 619. The topological polar surface area (TPSA) is 52.7 Å². The molecule has 0 radical (unpaired) electrons. The van der Waals surface area contributed by atoms with Gasteiger partial charge in [0.05, 0.1) is 24.3 Å². The first-order valence-electron chi connectivity index (χ1n) is 7.71. The molecule has 2 amide bonds. The van der Waals surface area contributed by atoms with Gasteiger partial charge < -0.3 is 10.2 Å². The number of carbonyl (C=O) groups is 2. The van der Waals surface area contributed by atoms with E-state index in [1.54, 1.807) is 11.9 Å². The maximum Gasteiger partial charge on any atom is 0.418 e. The number of alkyl halides is 3. The van der Waals surface area contributed by atoms with Gasteiger partial charge in [0.25, 0.3) is 0 Å². The number of nitrogens with zero attached hydrogens (tertiary/aromatic N) is 2. The van der Waals surface area contributed by atoms with Crippen LogP contribution >= 0.6 is 11.6 Å². The maximum absolute atomic E-state index is 13.0. The highest BCUT2D eigenvalue weighted by Gasteiger charge is 2.34. The van der Waals surface area contributed by atoms with Crippen molar-refractivity contribution in [1.29, 1.82) is 0 Å². The molecule has 0 saturated carbocycles. The van der Waals surface area contributed by atoms with Crippen LogP contribution in [0, 0.1) is 0 Å². The fraction of sp³-hybridized carbons (Fsp3) is 0.500. The normalized spacial score (nSPS) is 11.5. The first kappa shape index (κ1) is 21.2. The molecule has 140 valence electrons. The van der Waals surface area contributed by atoms with Crippen molar-refractivity contribution >= 4 is 29.1 Å². The van der Waals surface area contributed by atoms with E-state index in [4.69, 9.17) is 11.6 Å². The zero-order valence-corrected chi connectivity index (χ0v) is 15.0. The van der Waals surface area contributed by atoms with Crippen LogP contribution in [0.2, 0.25) is 5.02 Å². The Morgan fingerprint density at radius 3 is 2.28 bits per heavy atom. The van der Waals surface area contributed by atoms with E-state index < -0.39 is 17.6 Å². The van der Waals surface area contributed by atoms with E-state index in [1.165, 1.54) is 11.0 Å². The van der Waals surface area contributed by atoms with Gasteiger partial charge in [0.1, 0.15) is 0 Å². The first-order valence-corrected chi connectivity index (χ1v) is 8.09. The highest BCUT2D eigenvalue weighted by atomic mass is 35.5. The van der Waals surface area contributed by atoms with Gasteiger partial charge in [-0.25, -0.2) is 0 Å². The van der Waals surface area contributed by atoms with Crippen LogP contribution < -0.4 is 5.32 Å². The molecule has 0 spiro atoms. The van der Waals surface area contributed by atoms with Crippen LogP contribution in [0.25, 0.3) is 0 Å². The second kappa shape index (κ2) is 9.05. The molecule has 0 heterocycles. The Balaban J connectivity index is 2.73. The van der Waals surface area contributed by atoms with Crippen LogP contribution in [0.4, 0.5) is 18.9 Å². The summed E-state index contributed by atoms with van der Waals surface area (Å²) in [5.74, 6) is -0.801. The summed E-state index contributed by atoms with van der Waals surface area (Å²) >= 11 is 5.60. The summed E-state index contributed by atoms with van der Waals surface area (Å²) in [6, 6.07) is 3.12. The lowest BCUT2D eigenvalue weighted by Crippen LogP contribution is -2.41. The summed E-state index contributed by atoms with van der Waals surface area (Å²) in [4.78, 5) is 27.0. The summed E-state index contributed by atoms with van der Waals surface area (Å²) in [5.41, 5.74) is -1.39. The van der Waals surface area contributed by atoms with Crippen molar-refractivity contribution < 1.29 is 22.8 Å². The third-order valence-electron chi connectivity index (χ3n) is 3.50. The van der Waals surface area contributed by atoms with Crippen molar-refractivity contribution in [3.05, 3.63) is 28.8 Å². The molecule has 0 aromatic heterocycles. The van der Waals surface area contributed by atoms with Gasteiger partial charge in [-0.2, -0.15) is 13.2 Å². The van der Waals surface area contributed by atoms with Gasteiger partial charge in [0, 0.05) is 18.1 Å². The summed E-state index contributed by atoms with van der Waals surface area (Å²) < 4.78 is 39.0. The van der Waals surface area contributed by atoms with Crippen LogP contribution in [0.5, 0.6) is 0 Å². The quantitative estimate of drug-likeness (QED) is 0.792. The second-order valence-electron chi connectivity index (χ2n) is 5.47. The highest BCUT2D eigenvalue weighted by Crippen LogP contribution is 2.36. The average Bonchev–Trinajstić information content (AvgIpc) is 2.48. The van der Waals surface area contributed by atoms with E-state index in [-0.39, 0.29) is 29.7 Å². The van der Waals surface area contributed by atoms with Crippen molar-refractivity contribution in [1.82, 2.24) is 9.80 Å². The molecule has 0 saturated heterocycles.